The van der Waals surface area contributed by atoms with Crippen molar-refractivity contribution in [2.45, 2.75) is 31.7 Å². The second kappa shape index (κ2) is 16.0. The number of rotatable bonds is 9. The number of benzene rings is 9. The van der Waals surface area contributed by atoms with Crippen LogP contribution in [0.1, 0.15) is 37.0 Å². The Kier molecular flexibility index (Phi) is 9.70. The highest BCUT2D eigenvalue weighted by Crippen LogP contribution is 2.57. The number of fused-ring (bicyclic) bond motifs is 4. The van der Waals surface area contributed by atoms with E-state index in [0.717, 1.165) is 23.5 Å². The van der Waals surface area contributed by atoms with Gasteiger partial charge in [0.2, 0.25) is 0 Å². The first-order chi connectivity index (χ1) is 31.0. The summed E-state index contributed by atoms with van der Waals surface area (Å²) in [4.78, 5) is 4.95. The SMILES string of the molecule is CC1(C)c2cc(-c3ccc(N(c4ccccc4)c4ccc(-c5ccccc5)cc4)cc3)ccc2-c2c1cc1ccccc1c2N(c1ccccc1)C1C=CC(c2ccccc2)=CC1. The maximum atomic E-state index is 2.61. The molecule has 0 N–H and O–H groups in total. The molecule has 63 heavy (non-hydrogen) atoms. The molecule has 1 unspecified atom stereocenters. The number of hydrogen-bond acceptors (Lipinski definition) is 2. The average molecular weight is 809 g/mol. The summed E-state index contributed by atoms with van der Waals surface area (Å²) in [5.74, 6) is 0. The van der Waals surface area contributed by atoms with E-state index in [0.29, 0.717) is 0 Å². The average Bonchev–Trinajstić information content (AvgIpc) is 3.58. The first-order valence-corrected chi connectivity index (χ1v) is 22.1. The lowest BCUT2D eigenvalue weighted by Crippen LogP contribution is -2.31. The molecule has 0 saturated carbocycles. The van der Waals surface area contributed by atoms with E-state index in [1.807, 2.05) is 0 Å². The van der Waals surface area contributed by atoms with Gasteiger partial charge in [-0.05, 0) is 123 Å². The van der Waals surface area contributed by atoms with Gasteiger partial charge in [0.1, 0.15) is 0 Å². The maximum Gasteiger partial charge on any atom is 0.0579 e. The minimum Gasteiger partial charge on any atom is -0.333 e. The quantitative estimate of drug-likeness (QED) is 0.143. The summed E-state index contributed by atoms with van der Waals surface area (Å²) < 4.78 is 0. The third-order valence-electron chi connectivity index (χ3n) is 13.2. The van der Waals surface area contributed by atoms with Crippen LogP contribution >= 0.6 is 0 Å². The van der Waals surface area contributed by atoms with Gasteiger partial charge in [0.05, 0.1) is 11.7 Å². The van der Waals surface area contributed by atoms with Crippen molar-refractivity contribution >= 4 is 44.8 Å². The molecule has 2 aliphatic rings. The zero-order valence-corrected chi connectivity index (χ0v) is 35.7. The molecule has 0 amide bonds. The number of nitrogens with zero attached hydrogens (tertiary/aromatic N) is 2. The lowest BCUT2D eigenvalue weighted by molar-refractivity contribution is 0.661. The van der Waals surface area contributed by atoms with Crippen LogP contribution in [0.15, 0.2) is 237 Å². The maximum absolute atomic E-state index is 2.61. The van der Waals surface area contributed by atoms with Crippen molar-refractivity contribution in [1.29, 1.82) is 0 Å². The van der Waals surface area contributed by atoms with Crippen molar-refractivity contribution in [3.05, 3.63) is 253 Å². The predicted molar refractivity (Wildman–Crippen MR) is 268 cm³/mol. The molecular weight excluding hydrogens is 761 g/mol. The summed E-state index contributed by atoms with van der Waals surface area (Å²) in [6, 6.07) is 79.7. The Labute approximate surface area is 371 Å². The Morgan fingerprint density at radius 1 is 0.444 bits per heavy atom. The monoisotopic (exact) mass is 808 g/mol. The zero-order valence-electron chi connectivity index (χ0n) is 35.7. The molecule has 2 aliphatic carbocycles. The van der Waals surface area contributed by atoms with Crippen molar-refractivity contribution in [2.24, 2.45) is 0 Å². The standard InChI is InChI=1S/C61H48N2/c1-61(2)57-41-48(47-31-36-53(37-32-47)62(50-22-11-5-12-23-50)52-34-27-45(28-35-52)43-17-7-3-8-18-43)33-40-56(57)59-58(61)42-49-21-15-16-26-55(49)60(59)63(51-24-13-6-14-25-51)54-38-29-46(30-39-54)44-19-9-4-10-20-44/h3-38,40-42,54H,39H2,1-2H3. The molecule has 1 atom stereocenters. The molecule has 2 heteroatoms. The fourth-order valence-corrected chi connectivity index (χ4v) is 9.93. The van der Waals surface area contributed by atoms with E-state index >= 15 is 0 Å². The van der Waals surface area contributed by atoms with Crippen LogP contribution in [0.4, 0.5) is 28.4 Å². The Morgan fingerprint density at radius 2 is 0.952 bits per heavy atom. The lowest BCUT2D eigenvalue weighted by Gasteiger charge is -2.36. The van der Waals surface area contributed by atoms with Gasteiger partial charge in [-0.1, -0.05) is 190 Å². The van der Waals surface area contributed by atoms with E-state index in [-0.39, 0.29) is 11.5 Å². The fourth-order valence-electron chi connectivity index (χ4n) is 9.93. The summed E-state index contributed by atoms with van der Waals surface area (Å²) in [7, 11) is 0. The van der Waals surface area contributed by atoms with Crippen LogP contribution in [-0.4, -0.2) is 6.04 Å². The number of para-hydroxylation sites is 2. The topological polar surface area (TPSA) is 6.48 Å². The van der Waals surface area contributed by atoms with Crippen LogP contribution in [0.2, 0.25) is 0 Å². The van der Waals surface area contributed by atoms with Gasteiger partial charge in [-0.3, -0.25) is 0 Å². The largest absolute Gasteiger partial charge is 0.333 e. The molecule has 9 aromatic carbocycles. The summed E-state index contributed by atoms with van der Waals surface area (Å²) in [5.41, 5.74) is 18.4. The molecule has 0 radical (unpaired) electrons. The Bertz CT molecular complexity index is 3130. The van der Waals surface area contributed by atoms with E-state index in [1.165, 1.54) is 77.8 Å². The highest BCUT2D eigenvalue weighted by molar-refractivity contribution is 6.08. The molecule has 11 rings (SSSR count). The Morgan fingerprint density at radius 3 is 1.57 bits per heavy atom. The van der Waals surface area contributed by atoms with E-state index in [9.17, 15) is 0 Å². The van der Waals surface area contributed by atoms with E-state index < -0.39 is 0 Å². The van der Waals surface area contributed by atoms with E-state index in [1.54, 1.807) is 0 Å². The zero-order chi connectivity index (χ0) is 42.3. The van der Waals surface area contributed by atoms with Gasteiger partial charge in [0.15, 0.2) is 0 Å². The summed E-state index contributed by atoms with van der Waals surface area (Å²) in [5, 5.41) is 2.54. The Hall–Kier alpha value is -7.68. The summed E-state index contributed by atoms with van der Waals surface area (Å²) in [6.45, 7) is 4.82. The molecule has 0 aliphatic heterocycles. The van der Waals surface area contributed by atoms with Gasteiger partial charge in [-0.2, -0.15) is 0 Å². The van der Waals surface area contributed by atoms with Gasteiger partial charge in [-0.25, -0.2) is 0 Å². The number of allylic oxidation sites excluding steroid dienone is 2. The third kappa shape index (κ3) is 6.95. The predicted octanol–water partition coefficient (Wildman–Crippen LogP) is 16.5. The van der Waals surface area contributed by atoms with Crippen molar-refractivity contribution in [1.82, 2.24) is 0 Å². The minimum atomic E-state index is -0.222. The Balaban J connectivity index is 0.986. The van der Waals surface area contributed by atoms with Gasteiger partial charge in [0.25, 0.3) is 0 Å². The van der Waals surface area contributed by atoms with Crippen molar-refractivity contribution in [2.75, 3.05) is 9.80 Å². The molecule has 302 valence electrons. The molecule has 0 fully saturated rings. The van der Waals surface area contributed by atoms with Crippen molar-refractivity contribution < 1.29 is 0 Å². The molecule has 0 aromatic heterocycles. The molecule has 0 bridgehead atoms. The van der Waals surface area contributed by atoms with Crippen LogP contribution < -0.4 is 9.80 Å². The van der Waals surface area contributed by atoms with Gasteiger partial charge < -0.3 is 9.80 Å². The molecule has 0 saturated heterocycles. The first-order valence-electron chi connectivity index (χ1n) is 22.1. The van der Waals surface area contributed by atoms with Gasteiger partial charge in [0, 0.05) is 39.1 Å². The van der Waals surface area contributed by atoms with Crippen LogP contribution in [0.5, 0.6) is 0 Å². The van der Waals surface area contributed by atoms with Crippen molar-refractivity contribution in [3.8, 4) is 33.4 Å². The highest BCUT2D eigenvalue weighted by atomic mass is 15.2. The van der Waals surface area contributed by atoms with Gasteiger partial charge >= 0.3 is 0 Å². The van der Waals surface area contributed by atoms with Gasteiger partial charge in [-0.15, -0.1) is 0 Å². The minimum absolute atomic E-state index is 0.136. The van der Waals surface area contributed by atoms with Crippen LogP contribution in [-0.2, 0) is 5.41 Å². The third-order valence-corrected chi connectivity index (χ3v) is 13.2. The lowest BCUT2D eigenvalue weighted by atomic mass is 9.80. The van der Waals surface area contributed by atoms with Crippen LogP contribution in [0.3, 0.4) is 0 Å². The number of anilines is 5. The molecule has 2 nitrogen and oxygen atoms in total. The normalized spacial score (nSPS) is 14.8. The molecule has 0 spiro atoms. The molecular formula is C61H48N2. The fraction of sp³-hybridized carbons (Fsp3) is 0.0820. The second-order valence-corrected chi connectivity index (χ2v) is 17.3. The van der Waals surface area contributed by atoms with E-state index in [4.69, 9.17) is 0 Å². The summed E-state index contributed by atoms with van der Waals surface area (Å²) >= 11 is 0. The highest BCUT2D eigenvalue weighted by Gasteiger charge is 2.40. The second-order valence-electron chi connectivity index (χ2n) is 17.3. The van der Waals surface area contributed by atoms with E-state index in [2.05, 4.69) is 260 Å². The first kappa shape index (κ1) is 38.3. The number of hydrogen-bond donors (Lipinski definition) is 0. The van der Waals surface area contributed by atoms with Crippen molar-refractivity contribution in [3.63, 3.8) is 0 Å². The van der Waals surface area contributed by atoms with Crippen LogP contribution in [0.25, 0.3) is 49.7 Å². The van der Waals surface area contributed by atoms with Crippen LogP contribution in [0, 0.1) is 0 Å². The summed E-state index contributed by atoms with van der Waals surface area (Å²) in [6.07, 6.45) is 8.05. The molecule has 9 aromatic rings. The molecule has 0 heterocycles. The smallest absolute Gasteiger partial charge is 0.0579 e.